The molecule has 82 valence electrons. The van der Waals surface area contributed by atoms with Gasteiger partial charge < -0.3 is 15.7 Å². The van der Waals surface area contributed by atoms with Crippen LogP contribution in [-0.2, 0) is 0 Å². The van der Waals surface area contributed by atoms with Gasteiger partial charge in [0, 0.05) is 12.6 Å². The molecule has 0 atom stereocenters. The minimum atomic E-state index is -0.665. The summed E-state index contributed by atoms with van der Waals surface area (Å²) in [5.41, 5.74) is 0.0430. The Morgan fingerprint density at radius 3 is 2.87 bits per heavy atom. The van der Waals surface area contributed by atoms with Crippen LogP contribution in [0.2, 0.25) is 0 Å². The number of carbonyl (C=O) groups is 1. The number of phenols is 1. The normalized spacial score (nSPS) is 9.73. The zero-order valence-corrected chi connectivity index (χ0v) is 8.38. The molecule has 0 aliphatic carbocycles. The van der Waals surface area contributed by atoms with Gasteiger partial charge in [-0.25, -0.2) is 9.18 Å². The van der Waals surface area contributed by atoms with Gasteiger partial charge >= 0.3 is 6.03 Å². The highest BCUT2D eigenvalue weighted by Gasteiger charge is 2.06. The summed E-state index contributed by atoms with van der Waals surface area (Å²) in [4.78, 5) is 11.2. The number of hydrogen-bond acceptors (Lipinski definition) is 2. The fourth-order valence-electron chi connectivity index (χ4n) is 1.01. The van der Waals surface area contributed by atoms with E-state index in [1.54, 1.807) is 0 Å². The number of anilines is 1. The van der Waals surface area contributed by atoms with Crippen LogP contribution in [0, 0.1) is 5.82 Å². The quantitative estimate of drug-likeness (QED) is 0.671. The second-order valence-electron chi connectivity index (χ2n) is 3.05. The third-order valence-corrected chi connectivity index (χ3v) is 1.74. The number of aromatic hydroxyl groups is 1. The third kappa shape index (κ3) is 3.46. The molecule has 4 nitrogen and oxygen atoms in total. The molecular formula is C10H13FN2O2. The largest absolute Gasteiger partial charge is 0.508 e. The maximum atomic E-state index is 13.1. The smallest absolute Gasteiger partial charge is 0.319 e. The van der Waals surface area contributed by atoms with E-state index in [-0.39, 0.29) is 11.4 Å². The first-order valence-electron chi connectivity index (χ1n) is 4.67. The lowest BCUT2D eigenvalue weighted by Gasteiger charge is -2.07. The summed E-state index contributed by atoms with van der Waals surface area (Å²) < 4.78 is 13.1. The fraction of sp³-hybridized carbons (Fsp3) is 0.300. The first kappa shape index (κ1) is 11.3. The molecule has 1 rings (SSSR count). The standard InChI is InChI=1S/C10H13FN2O2/c1-2-5-12-10(15)13-9-4-3-7(14)6-8(9)11/h3-4,6,14H,2,5H2,1H3,(H2,12,13,15). The molecule has 1 aromatic rings. The number of carbonyl (C=O) groups excluding carboxylic acids is 1. The van der Waals surface area contributed by atoms with E-state index < -0.39 is 11.8 Å². The Labute approximate surface area is 87.1 Å². The number of urea groups is 1. The van der Waals surface area contributed by atoms with Crippen molar-refractivity contribution in [3.8, 4) is 5.75 Å². The summed E-state index contributed by atoms with van der Waals surface area (Å²) in [7, 11) is 0. The topological polar surface area (TPSA) is 61.4 Å². The highest BCUT2D eigenvalue weighted by atomic mass is 19.1. The molecule has 15 heavy (non-hydrogen) atoms. The highest BCUT2D eigenvalue weighted by Crippen LogP contribution is 2.18. The number of phenolic OH excluding ortho intramolecular Hbond substituents is 1. The van der Waals surface area contributed by atoms with Crippen molar-refractivity contribution >= 4 is 11.7 Å². The molecule has 0 saturated heterocycles. The number of hydrogen-bond donors (Lipinski definition) is 3. The van der Waals surface area contributed by atoms with Crippen LogP contribution in [0.1, 0.15) is 13.3 Å². The van der Waals surface area contributed by atoms with Gasteiger partial charge in [0.1, 0.15) is 11.6 Å². The number of rotatable bonds is 3. The van der Waals surface area contributed by atoms with Crippen molar-refractivity contribution in [2.75, 3.05) is 11.9 Å². The minimum absolute atomic E-state index is 0.0430. The molecule has 0 spiro atoms. The van der Waals surface area contributed by atoms with Gasteiger partial charge in [0.05, 0.1) is 5.69 Å². The Balaban J connectivity index is 2.60. The Hall–Kier alpha value is -1.78. The molecule has 0 aliphatic rings. The summed E-state index contributed by atoms with van der Waals surface area (Å²) in [6, 6.07) is 3.09. The van der Waals surface area contributed by atoms with Crippen molar-refractivity contribution in [3.05, 3.63) is 24.0 Å². The van der Waals surface area contributed by atoms with Gasteiger partial charge in [0.25, 0.3) is 0 Å². The lowest BCUT2D eigenvalue weighted by atomic mass is 10.3. The minimum Gasteiger partial charge on any atom is -0.508 e. The van der Waals surface area contributed by atoms with Gasteiger partial charge in [0.15, 0.2) is 0 Å². The predicted molar refractivity (Wildman–Crippen MR) is 55.4 cm³/mol. The van der Waals surface area contributed by atoms with Crippen LogP contribution in [0.15, 0.2) is 18.2 Å². The van der Waals surface area contributed by atoms with Gasteiger partial charge in [-0.3, -0.25) is 0 Å². The molecule has 0 unspecified atom stereocenters. The van der Waals surface area contributed by atoms with E-state index in [9.17, 15) is 9.18 Å². The third-order valence-electron chi connectivity index (χ3n) is 1.74. The van der Waals surface area contributed by atoms with Crippen molar-refractivity contribution in [2.45, 2.75) is 13.3 Å². The van der Waals surface area contributed by atoms with Gasteiger partial charge in [0.2, 0.25) is 0 Å². The van der Waals surface area contributed by atoms with Crippen molar-refractivity contribution in [2.24, 2.45) is 0 Å². The Bertz CT molecular complexity index is 355. The maximum Gasteiger partial charge on any atom is 0.319 e. The van der Waals surface area contributed by atoms with Crippen LogP contribution in [0.5, 0.6) is 5.75 Å². The zero-order valence-electron chi connectivity index (χ0n) is 8.38. The molecular weight excluding hydrogens is 199 g/mol. The van der Waals surface area contributed by atoms with Crippen LogP contribution in [0.3, 0.4) is 0 Å². The lowest BCUT2D eigenvalue weighted by Crippen LogP contribution is -2.29. The van der Waals surface area contributed by atoms with E-state index in [0.717, 1.165) is 12.5 Å². The SMILES string of the molecule is CCCNC(=O)Nc1ccc(O)cc1F. The monoisotopic (exact) mass is 212 g/mol. The summed E-state index contributed by atoms with van der Waals surface area (Å²) in [5.74, 6) is -0.839. The number of halogens is 1. The summed E-state index contributed by atoms with van der Waals surface area (Å²) in [6.07, 6.45) is 0.811. The molecule has 0 saturated carbocycles. The van der Waals surface area contributed by atoms with E-state index in [0.29, 0.717) is 6.54 Å². The van der Waals surface area contributed by atoms with Crippen molar-refractivity contribution < 1.29 is 14.3 Å². The molecule has 1 aromatic carbocycles. The van der Waals surface area contributed by atoms with Crippen LogP contribution in [0.4, 0.5) is 14.9 Å². The average molecular weight is 212 g/mol. The van der Waals surface area contributed by atoms with Crippen LogP contribution in [-0.4, -0.2) is 17.7 Å². The van der Waals surface area contributed by atoms with Crippen LogP contribution < -0.4 is 10.6 Å². The molecule has 0 fully saturated rings. The van der Waals surface area contributed by atoms with Crippen LogP contribution >= 0.6 is 0 Å². The molecule has 0 radical (unpaired) electrons. The average Bonchev–Trinajstić information content (AvgIpc) is 2.19. The van der Waals surface area contributed by atoms with Gasteiger partial charge in [-0.15, -0.1) is 0 Å². The second-order valence-corrected chi connectivity index (χ2v) is 3.05. The molecule has 3 N–H and O–H groups in total. The molecule has 0 heterocycles. The van der Waals surface area contributed by atoms with Gasteiger partial charge in [-0.05, 0) is 18.6 Å². The Morgan fingerprint density at radius 2 is 2.27 bits per heavy atom. The van der Waals surface area contributed by atoms with Gasteiger partial charge in [-0.2, -0.15) is 0 Å². The van der Waals surface area contributed by atoms with E-state index in [2.05, 4.69) is 10.6 Å². The van der Waals surface area contributed by atoms with E-state index in [4.69, 9.17) is 5.11 Å². The van der Waals surface area contributed by atoms with E-state index >= 15 is 0 Å². The van der Waals surface area contributed by atoms with Gasteiger partial charge in [-0.1, -0.05) is 6.92 Å². The summed E-state index contributed by atoms with van der Waals surface area (Å²) in [5, 5.41) is 13.8. The highest BCUT2D eigenvalue weighted by molar-refractivity contribution is 5.89. The summed E-state index contributed by atoms with van der Waals surface area (Å²) >= 11 is 0. The molecule has 0 aliphatic heterocycles. The van der Waals surface area contributed by atoms with Crippen molar-refractivity contribution in [1.29, 1.82) is 0 Å². The second kappa shape index (κ2) is 5.19. The van der Waals surface area contributed by atoms with Crippen LogP contribution in [0.25, 0.3) is 0 Å². The fourth-order valence-corrected chi connectivity index (χ4v) is 1.01. The lowest BCUT2D eigenvalue weighted by molar-refractivity contribution is 0.252. The number of nitrogens with one attached hydrogen (secondary N) is 2. The van der Waals surface area contributed by atoms with E-state index in [1.165, 1.54) is 12.1 Å². The first-order chi connectivity index (χ1) is 7.13. The molecule has 5 heteroatoms. The molecule has 0 bridgehead atoms. The number of amides is 2. The van der Waals surface area contributed by atoms with Crippen molar-refractivity contribution in [1.82, 2.24) is 5.32 Å². The first-order valence-corrected chi connectivity index (χ1v) is 4.67. The predicted octanol–water partition coefficient (Wildman–Crippen LogP) is 2.06. The maximum absolute atomic E-state index is 13.1. The Kier molecular flexibility index (Phi) is 3.91. The molecule has 2 amide bonds. The summed E-state index contributed by atoms with van der Waals surface area (Å²) in [6.45, 7) is 2.45. The number of benzene rings is 1. The van der Waals surface area contributed by atoms with Crippen molar-refractivity contribution in [3.63, 3.8) is 0 Å². The van der Waals surface area contributed by atoms with E-state index in [1.807, 2.05) is 6.92 Å². The zero-order chi connectivity index (χ0) is 11.3. The Morgan fingerprint density at radius 1 is 1.53 bits per heavy atom. The molecule has 0 aromatic heterocycles.